The second-order valence-corrected chi connectivity index (χ2v) is 8.71. The summed E-state index contributed by atoms with van der Waals surface area (Å²) >= 11 is 0. The van der Waals surface area contributed by atoms with Crippen molar-refractivity contribution in [3.63, 3.8) is 0 Å². The minimum absolute atomic E-state index is 0.0829. The number of hydrogen-bond acceptors (Lipinski definition) is 3. The number of aryl methyl sites for hydroxylation is 2. The number of nitrogens with two attached hydrogens (primary N) is 1. The normalized spacial score (nSPS) is 14.4. The van der Waals surface area contributed by atoms with E-state index >= 15 is 0 Å². The molecule has 0 spiro atoms. The Morgan fingerprint density at radius 1 is 0.960 bits per heavy atom. The average Bonchev–Trinajstić information content (AvgIpc) is 2.56. The van der Waals surface area contributed by atoms with Crippen molar-refractivity contribution in [2.45, 2.75) is 83.0 Å². The van der Waals surface area contributed by atoms with Crippen molar-refractivity contribution in [2.75, 3.05) is 0 Å². The molecule has 0 saturated carbocycles. The van der Waals surface area contributed by atoms with E-state index in [-0.39, 0.29) is 6.42 Å². The van der Waals surface area contributed by atoms with Gasteiger partial charge in [0.05, 0.1) is 0 Å². The SMILES string of the molecule is CCCCCCCCc1ccc(CC[C@H](N)C[C@H](O)P(=O)(O)O)cc1. The van der Waals surface area contributed by atoms with Crippen LogP contribution in [0.4, 0.5) is 0 Å². The third-order valence-electron chi connectivity index (χ3n) is 4.55. The number of unbranched alkanes of at least 4 members (excludes halogenated alkanes) is 5. The van der Waals surface area contributed by atoms with Crippen LogP contribution < -0.4 is 5.73 Å². The van der Waals surface area contributed by atoms with Gasteiger partial charge in [-0.25, -0.2) is 0 Å². The molecule has 25 heavy (non-hydrogen) atoms. The zero-order chi connectivity index (χ0) is 18.7. The van der Waals surface area contributed by atoms with Crippen LogP contribution in [0, 0.1) is 0 Å². The third-order valence-corrected chi connectivity index (χ3v) is 5.53. The van der Waals surface area contributed by atoms with Crippen molar-refractivity contribution < 1.29 is 19.5 Å². The van der Waals surface area contributed by atoms with Gasteiger partial charge in [-0.05, 0) is 36.8 Å². The Kier molecular flexibility index (Phi) is 10.6. The molecule has 5 N–H and O–H groups in total. The number of rotatable bonds is 13. The minimum Gasteiger partial charge on any atom is -0.380 e. The Balaban J connectivity index is 2.26. The van der Waals surface area contributed by atoms with Gasteiger partial charge < -0.3 is 20.6 Å². The lowest BCUT2D eigenvalue weighted by molar-refractivity contribution is 0.184. The van der Waals surface area contributed by atoms with Crippen molar-refractivity contribution in [1.82, 2.24) is 0 Å². The Labute approximate surface area is 151 Å². The lowest BCUT2D eigenvalue weighted by Gasteiger charge is -2.17. The first-order chi connectivity index (χ1) is 11.8. The largest absolute Gasteiger partial charge is 0.380 e. The van der Waals surface area contributed by atoms with Crippen molar-refractivity contribution in [3.8, 4) is 0 Å². The molecule has 0 bridgehead atoms. The molecule has 0 radical (unpaired) electrons. The molecule has 0 aliphatic carbocycles. The summed E-state index contributed by atoms with van der Waals surface area (Å²) in [5, 5.41) is 9.40. The van der Waals surface area contributed by atoms with E-state index in [2.05, 4.69) is 31.2 Å². The summed E-state index contributed by atoms with van der Waals surface area (Å²) < 4.78 is 10.9. The Morgan fingerprint density at radius 3 is 2.04 bits per heavy atom. The van der Waals surface area contributed by atoms with Crippen LogP contribution in [0.1, 0.15) is 69.4 Å². The van der Waals surface area contributed by atoms with E-state index in [9.17, 15) is 9.67 Å². The lowest BCUT2D eigenvalue weighted by Crippen LogP contribution is -2.26. The first kappa shape index (κ1) is 22.3. The molecule has 5 nitrogen and oxygen atoms in total. The molecule has 144 valence electrons. The van der Waals surface area contributed by atoms with Crippen molar-refractivity contribution >= 4 is 7.60 Å². The third kappa shape index (κ3) is 10.1. The van der Waals surface area contributed by atoms with Crippen LogP contribution in [0.5, 0.6) is 0 Å². The molecule has 0 saturated heterocycles. The quantitative estimate of drug-likeness (QED) is 0.312. The zero-order valence-electron chi connectivity index (χ0n) is 15.3. The van der Waals surface area contributed by atoms with Gasteiger partial charge in [0.2, 0.25) is 0 Å². The van der Waals surface area contributed by atoms with Crippen molar-refractivity contribution in [2.24, 2.45) is 5.73 Å². The van der Waals surface area contributed by atoms with Gasteiger partial charge in [0.25, 0.3) is 0 Å². The van der Waals surface area contributed by atoms with E-state index in [0.717, 1.165) is 18.4 Å². The van der Waals surface area contributed by atoms with Gasteiger partial charge in [0.15, 0.2) is 5.85 Å². The first-order valence-electron chi connectivity index (χ1n) is 9.39. The van der Waals surface area contributed by atoms with E-state index in [1.807, 2.05) is 0 Å². The number of benzene rings is 1. The number of aliphatic hydroxyl groups excluding tert-OH is 1. The van der Waals surface area contributed by atoms with E-state index in [1.54, 1.807) is 0 Å². The molecule has 0 unspecified atom stereocenters. The summed E-state index contributed by atoms with van der Waals surface area (Å²) in [4.78, 5) is 17.8. The molecular formula is C19H34NO4P. The Hall–Kier alpha value is -0.710. The summed E-state index contributed by atoms with van der Waals surface area (Å²) in [6, 6.07) is 8.07. The Morgan fingerprint density at radius 2 is 1.48 bits per heavy atom. The summed E-state index contributed by atoms with van der Waals surface area (Å²) in [6.07, 6.45) is 10.2. The smallest absolute Gasteiger partial charge is 0.353 e. The highest BCUT2D eigenvalue weighted by Gasteiger charge is 2.27. The van der Waals surface area contributed by atoms with Crippen LogP contribution in [-0.4, -0.2) is 26.8 Å². The van der Waals surface area contributed by atoms with Crippen LogP contribution in [0.15, 0.2) is 24.3 Å². The maximum absolute atomic E-state index is 10.9. The molecular weight excluding hydrogens is 337 g/mol. The number of aliphatic hydroxyl groups is 1. The van der Waals surface area contributed by atoms with Gasteiger partial charge in [0.1, 0.15) is 0 Å². The van der Waals surface area contributed by atoms with E-state index in [4.69, 9.17) is 15.5 Å². The zero-order valence-corrected chi connectivity index (χ0v) is 16.2. The molecule has 0 aromatic heterocycles. The second-order valence-electron chi connectivity index (χ2n) is 6.94. The maximum Gasteiger partial charge on any atom is 0.353 e. The summed E-state index contributed by atoms with van der Waals surface area (Å²) in [6.45, 7) is 2.23. The second kappa shape index (κ2) is 11.8. The molecule has 0 aliphatic rings. The fourth-order valence-electron chi connectivity index (χ4n) is 2.86. The summed E-state index contributed by atoms with van der Waals surface area (Å²) in [5.41, 5.74) is 8.37. The van der Waals surface area contributed by atoms with Gasteiger partial charge in [0, 0.05) is 12.5 Å². The molecule has 0 aliphatic heterocycles. The average molecular weight is 371 g/mol. The monoisotopic (exact) mass is 371 g/mol. The van der Waals surface area contributed by atoms with E-state index in [0.29, 0.717) is 6.42 Å². The van der Waals surface area contributed by atoms with Gasteiger partial charge in [-0.3, -0.25) is 4.57 Å². The van der Waals surface area contributed by atoms with Crippen LogP contribution in [0.25, 0.3) is 0 Å². The van der Waals surface area contributed by atoms with Crippen molar-refractivity contribution in [3.05, 3.63) is 35.4 Å². The Bertz CT molecular complexity index is 515. The topological polar surface area (TPSA) is 104 Å². The molecule has 2 atom stereocenters. The molecule has 6 heteroatoms. The highest BCUT2D eigenvalue weighted by Crippen LogP contribution is 2.41. The standard InChI is InChI=1S/C19H34NO4P/c1-2-3-4-5-6-7-8-16-9-11-17(12-10-16)13-14-18(20)15-19(21)25(22,23)24/h9-12,18-19,21H,2-8,13-15,20H2,1H3,(H2,22,23,24)/t18-,19+/m0/s1. The lowest BCUT2D eigenvalue weighted by atomic mass is 10.0. The predicted octanol–water partition coefficient (Wildman–Crippen LogP) is 3.74. The van der Waals surface area contributed by atoms with Crippen LogP contribution in [0.2, 0.25) is 0 Å². The minimum atomic E-state index is -4.46. The highest BCUT2D eigenvalue weighted by atomic mass is 31.2. The van der Waals surface area contributed by atoms with Gasteiger partial charge in [-0.2, -0.15) is 0 Å². The van der Waals surface area contributed by atoms with Gasteiger partial charge in [-0.15, -0.1) is 0 Å². The van der Waals surface area contributed by atoms with Gasteiger partial charge >= 0.3 is 7.60 Å². The highest BCUT2D eigenvalue weighted by molar-refractivity contribution is 7.52. The van der Waals surface area contributed by atoms with Crippen LogP contribution >= 0.6 is 7.60 Å². The van der Waals surface area contributed by atoms with Gasteiger partial charge in [-0.1, -0.05) is 63.3 Å². The van der Waals surface area contributed by atoms with E-state index in [1.165, 1.54) is 44.1 Å². The fraction of sp³-hybridized carbons (Fsp3) is 0.684. The van der Waals surface area contributed by atoms with E-state index < -0.39 is 19.5 Å². The summed E-state index contributed by atoms with van der Waals surface area (Å²) in [7, 11) is -4.46. The molecule has 0 amide bonds. The summed E-state index contributed by atoms with van der Waals surface area (Å²) in [5.74, 6) is -1.66. The maximum atomic E-state index is 10.9. The molecule has 1 aromatic carbocycles. The first-order valence-corrected chi connectivity index (χ1v) is 11.1. The predicted molar refractivity (Wildman–Crippen MR) is 102 cm³/mol. The molecule has 0 heterocycles. The number of hydrogen-bond donors (Lipinski definition) is 4. The fourth-order valence-corrected chi connectivity index (χ4v) is 3.41. The van der Waals surface area contributed by atoms with Crippen molar-refractivity contribution in [1.29, 1.82) is 0 Å². The van der Waals surface area contributed by atoms with Crippen LogP contribution in [0.3, 0.4) is 0 Å². The molecule has 1 aromatic rings. The molecule has 1 rings (SSSR count). The van der Waals surface area contributed by atoms with Crippen LogP contribution in [-0.2, 0) is 17.4 Å². The molecule has 0 fully saturated rings.